The lowest BCUT2D eigenvalue weighted by Gasteiger charge is -2.41. The molecule has 0 saturated carbocycles. The summed E-state index contributed by atoms with van der Waals surface area (Å²) in [5.74, 6) is -3.34. The Morgan fingerprint density at radius 3 is 2.51 bits per heavy atom. The van der Waals surface area contributed by atoms with Crippen LogP contribution in [0.15, 0.2) is 72.8 Å². The van der Waals surface area contributed by atoms with Crippen LogP contribution in [0.4, 0.5) is 5.69 Å². The molecule has 6 atom stereocenters. The van der Waals surface area contributed by atoms with E-state index in [1.165, 1.54) is 4.90 Å². The Hall–Kier alpha value is -3.46. The summed E-state index contributed by atoms with van der Waals surface area (Å²) in [6.45, 7) is 3.75. The molecule has 8 nitrogen and oxygen atoms in total. The molecule has 4 heterocycles. The van der Waals surface area contributed by atoms with E-state index in [-0.39, 0.29) is 13.2 Å². The maximum Gasteiger partial charge on any atom is 0.313 e. The van der Waals surface area contributed by atoms with Crippen LogP contribution in [0.2, 0.25) is 5.02 Å². The number of carbonyl (C=O) groups excluding carboxylic acids is 3. The Labute approximate surface area is 244 Å². The van der Waals surface area contributed by atoms with Crippen molar-refractivity contribution in [1.29, 1.82) is 0 Å². The molecule has 0 aliphatic carbocycles. The van der Waals surface area contributed by atoms with Gasteiger partial charge in [-0.05, 0) is 37.0 Å². The van der Waals surface area contributed by atoms with Gasteiger partial charge >= 0.3 is 5.97 Å². The van der Waals surface area contributed by atoms with Crippen LogP contribution in [0.3, 0.4) is 0 Å². The van der Waals surface area contributed by atoms with Crippen LogP contribution in [-0.2, 0) is 23.9 Å². The van der Waals surface area contributed by atoms with Gasteiger partial charge in [-0.2, -0.15) is 0 Å². The molecule has 1 N–H and O–H groups in total. The summed E-state index contributed by atoms with van der Waals surface area (Å²) < 4.78 is 12.6. The normalized spacial score (nSPS) is 31.6. The van der Waals surface area contributed by atoms with E-state index in [0.717, 1.165) is 5.56 Å². The standard InChI is InChI=1S/C32H33ClN2O6/c1-3-31-15-7-8-18-40-30(39)25(31)24-28(37)35(23(19-36)21-12-5-4-6-13-21)27-29(38)34(17-10-16-32(24,27)41-31)26-20(2)11-9-14-22(26)33/h4-7,9-16,23-25,27,36H,3,8,17-19H2,1-2H3/t23-,24+,25-,27?,31+,32+/m1/s1. The zero-order valence-electron chi connectivity index (χ0n) is 23.0. The quantitative estimate of drug-likeness (QED) is 0.424. The second-order valence-electron chi connectivity index (χ2n) is 11.1. The zero-order valence-corrected chi connectivity index (χ0v) is 23.8. The van der Waals surface area contributed by atoms with Gasteiger partial charge in [0.2, 0.25) is 5.91 Å². The number of anilines is 1. The first-order chi connectivity index (χ1) is 19.8. The summed E-state index contributed by atoms with van der Waals surface area (Å²) in [5.41, 5.74) is -0.597. The van der Waals surface area contributed by atoms with Crippen molar-refractivity contribution in [3.05, 3.63) is 89.0 Å². The molecule has 1 spiro atoms. The number of benzene rings is 2. The number of aliphatic hydroxyl groups is 1. The molecule has 1 unspecified atom stereocenters. The molecule has 4 aliphatic rings. The molecule has 0 aromatic heterocycles. The lowest BCUT2D eigenvalue weighted by Crippen LogP contribution is -2.57. The number of hydrogen-bond acceptors (Lipinski definition) is 6. The average molecular weight is 577 g/mol. The zero-order chi connectivity index (χ0) is 28.9. The predicted octanol–water partition coefficient (Wildman–Crippen LogP) is 4.15. The highest BCUT2D eigenvalue weighted by Gasteiger charge is 2.76. The van der Waals surface area contributed by atoms with Crippen molar-refractivity contribution in [2.24, 2.45) is 11.8 Å². The number of esters is 1. The Kier molecular flexibility index (Phi) is 7.04. The summed E-state index contributed by atoms with van der Waals surface area (Å²) in [6, 6.07) is 12.5. The highest BCUT2D eigenvalue weighted by atomic mass is 35.5. The summed E-state index contributed by atoms with van der Waals surface area (Å²) in [5, 5.41) is 11.1. The molecule has 214 valence electrons. The summed E-state index contributed by atoms with van der Waals surface area (Å²) >= 11 is 6.64. The third kappa shape index (κ3) is 4.07. The van der Waals surface area contributed by atoms with E-state index in [1.807, 2.05) is 74.5 Å². The number of para-hydroxylation sites is 1. The number of likely N-dealkylation sites (tertiary alicyclic amines) is 1. The highest BCUT2D eigenvalue weighted by molar-refractivity contribution is 6.34. The van der Waals surface area contributed by atoms with Crippen LogP contribution in [0.5, 0.6) is 0 Å². The number of hydrogen-bond donors (Lipinski definition) is 1. The molecule has 0 radical (unpaired) electrons. The third-order valence-corrected chi connectivity index (χ3v) is 9.30. The number of halogens is 1. The maximum absolute atomic E-state index is 14.8. The smallest absolute Gasteiger partial charge is 0.313 e. The van der Waals surface area contributed by atoms with Crippen LogP contribution in [0.25, 0.3) is 0 Å². The van der Waals surface area contributed by atoms with Gasteiger partial charge in [-0.3, -0.25) is 14.4 Å². The molecule has 4 aliphatic heterocycles. The van der Waals surface area contributed by atoms with Crippen LogP contribution in [-0.4, -0.2) is 64.8 Å². The minimum Gasteiger partial charge on any atom is -0.465 e. The first-order valence-corrected chi connectivity index (χ1v) is 14.4. The lowest BCUT2D eigenvalue weighted by molar-refractivity contribution is -0.161. The number of aliphatic hydroxyl groups excluding tert-OH is 1. The predicted molar refractivity (Wildman–Crippen MR) is 153 cm³/mol. The Balaban J connectivity index is 1.58. The summed E-state index contributed by atoms with van der Waals surface area (Å²) in [7, 11) is 0. The minimum atomic E-state index is -1.48. The number of rotatable bonds is 5. The van der Waals surface area contributed by atoms with E-state index in [0.29, 0.717) is 29.1 Å². The number of fused-ring (bicyclic) bond motifs is 2. The van der Waals surface area contributed by atoms with E-state index in [2.05, 4.69) is 0 Å². The van der Waals surface area contributed by atoms with Gasteiger partial charge in [0.1, 0.15) is 23.2 Å². The third-order valence-electron chi connectivity index (χ3n) is 8.99. The number of aryl methyl sites for hydroxylation is 1. The van der Waals surface area contributed by atoms with Crippen LogP contribution in [0.1, 0.15) is 36.9 Å². The van der Waals surface area contributed by atoms with Crippen molar-refractivity contribution in [1.82, 2.24) is 4.90 Å². The molecule has 2 aromatic rings. The van der Waals surface area contributed by atoms with Crippen molar-refractivity contribution in [2.75, 3.05) is 24.7 Å². The summed E-state index contributed by atoms with van der Waals surface area (Å²) in [4.78, 5) is 46.2. The lowest BCUT2D eigenvalue weighted by atomic mass is 9.73. The number of cyclic esters (lactones) is 1. The fraction of sp³-hybridized carbons (Fsp3) is 0.406. The van der Waals surface area contributed by atoms with Crippen molar-refractivity contribution in [2.45, 2.75) is 50.0 Å². The van der Waals surface area contributed by atoms with Gasteiger partial charge in [0.15, 0.2) is 0 Å². The monoisotopic (exact) mass is 576 g/mol. The van der Waals surface area contributed by atoms with Crippen LogP contribution >= 0.6 is 11.6 Å². The molecular weight excluding hydrogens is 544 g/mol. The number of amides is 2. The van der Waals surface area contributed by atoms with Gasteiger partial charge in [-0.25, -0.2) is 0 Å². The summed E-state index contributed by atoms with van der Waals surface area (Å²) in [6.07, 6.45) is 8.32. The topological polar surface area (TPSA) is 96.4 Å². The molecule has 2 saturated heterocycles. The molecular formula is C32H33ClN2O6. The van der Waals surface area contributed by atoms with Crippen molar-refractivity contribution >= 4 is 35.1 Å². The fourth-order valence-corrected chi connectivity index (χ4v) is 7.52. The van der Waals surface area contributed by atoms with Crippen molar-refractivity contribution < 1.29 is 29.0 Å². The van der Waals surface area contributed by atoms with Crippen molar-refractivity contribution in [3.63, 3.8) is 0 Å². The first-order valence-electron chi connectivity index (χ1n) is 14.1. The minimum absolute atomic E-state index is 0.193. The molecule has 9 heteroatoms. The molecule has 2 fully saturated rings. The maximum atomic E-state index is 14.8. The van der Waals surface area contributed by atoms with Gasteiger partial charge in [0.25, 0.3) is 5.91 Å². The van der Waals surface area contributed by atoms with Crippen LogP contribution in [0, 0.1) is 18.8 Å². The first kappa shape index (κ1) is 27.7. The van der Waals surface area contributed by atoms with E-state index in [1.54, 1.807) is 17.0 Å². The van der Waals surface area contributed by atoms with Gasteiger partial charge < -0.3 is 24.4 Å². The highest BCUT2D eigenvalue weighted by Crippen LogP contribution is 2.59. The number of nitrogens with zero attached hydrogens (tertiary/aromatic N) is 2. The van der Waals surface area contributed by atoms with Gasteiger partial charge in [0, 0.05) is 6.54 Å². The van der Waals surface area contributed by atoms with Gasteiger partial charge in [0.05, 0.1) is 35.9 Å². The van der Waals surface area contributed by atoms with E-state index >= 15 is 0 Å². The fourth-order valence-electron chi connectivity index (χ4n) is 7.20. The van der Waals surface area contributed by atoms with Crippen molar-refractivity contribution in [3.8, 4) is 0 Å². The van der Waals surface area contributed by atoms with E-state index in [9.17, 15) is 19.5 Å². The molecule has 6 rings (SSSR count). The second-order valence-corrected chi connectivity index (χ2v) is 11.5. The van der Waals surface area contributed by atoms with E-state index < -0.39 is 59.5 Å². The number of ether oxygens (including phenoxy) is 2. The van der Waals surface area contributed by atoms with Gasteiger partial charge in [-0.15, -0.1) is 0 Å². The largest absolute Gasteiger partial charge is 0.465 e. The molecule has 2 amide bonds. The molecule has 41 heavy (non-hydrogen) atoms. The Bertz CT molecular complexity index is 1420. The Morgan fingerprint density at radius 2 is 1.80 bits per heavy atom. The molecule has 2 aromatic carbocycles. The van der Waals surface area contributed by atoms with E-state index in [4.69, 9.17) is 21.1 Å². The van der Waals surface area contributed by atoms with Gasteiger partial charge in [-0.1, -0.05) is 85.3 Å². The van der Waals surface area contributed by atoms with Crippen LogP contribution < -0.4 is 4.90 Å². The Morgan fingerprint density at radius 1 is 1.02 bits per heavy atom. The molecule has 0 bridgehead atoms. The SMILES string of the molecule is CC[C@]12C=CCCOC(=O)[C@H]1[C@H]1C(=O)N([C@H](CO)c3ccccc3)C3C(=O)N(c4c(C)cccc4Cl)CC=C[C@@]31O2. The number of carbonyl (C=O) groups is 3. The average Bonchev–Trinajstić information content (AvgIpc) is 3.31. The second kappa shape index (κ2) is 10.4.